The lowest BCUT2D eigenvalue weighted by atomic mass is 9.49. The number of fused-ring (bicyclic) bond motifs is 5. The molecule has 7 fully saturated rings. The van der Waals surface area contributed by atoms with E-state index in [1.165, 1.54) is 0 Å². The van der Waals surface area contributed by atoms with Gasteiger partial charge in [0.2, 0.25) is 0 Å². The molecule has 4 saturated carbocycles. The van der Waals surface area contributed by atoms with Gasteiger partial charge in [0.1, 0.15) is 28.5 Å². The van der Waals surface area contributed by atoms with E-state index in [0.717, 1.165) is 6.42 Å². The van der Waals surface area contributed by atoms with E-state index in [1.807, 2.05) is 6.92 Å². The highest BCUT2D eigenvalue weighted by atomic mass is 16.7. The van der Waals surface area contributed by atoms with Crippen molar-refractivity contribution in [3.63, 3.8) is 0 Å². The molecule has 0 amide bonds. The van der Waals surface area contributed by atoms with Crippen molar-refractivity contribution in [2.75, 3.05) is 13.1 Å². The first-order valence-electron chi connectivity index (χ1n) is 14.0. The molecule has 3 saturated heterocycles. The summed E-state index contributed by atoms with van der Waals surface area (Å²) in [6, 6.07) is -0.360. The van der Waals surface area contributed by atoms with E-state index in [2.05, 4.69) is 11.8 Å². The Bertz CT molecular complexity index is 995. The molecule has 9 heteroatoms. The predicted molar refractivity (Wildman–Crippen MR) is 126 cm³/mol. The maximum atomic E-state index is 12.7. The minimum absolute atomic E-state index is 0.0208. The van der Waals surface area contributed by atoms with Gasteiger partial charge >= 0.3 is 0 Å². The molecular formula is C27H43NO8. The van der Waals surface area contributed by atoms with Crippen LogP contribution in [0, 0.1) is 29.1 Å². The Morgan fingerprint density at radius 2 is 1.47 bits per heavy atom. The minimum atomic E-state index is -2.02. The van der Waals surface area contributed by atoms with Crippen LogP contribution in [-0.4, -0.2) is 106 Å². The van der Waals surface area contributed by atoms with Crippen molar-refractivity contribution < 1.29 is 40.5 Å². The van der Waals surface area contributed by atoms with Crippen LogP contribution >= 0.6 is 0 Å². The van der Waals surface area contributed by atoms with Crippen LogP contribution in [0.3, 0.4) is 0 Å². The van der Waals surface area contributed by atoms with Crippen LogP contribution in [0.1, 0.15) is 72.1 Å². The standard InChI is InChI=1S/C27H43NO8/c1-14-4-7-18-22(3,31)26(34)17(12-28(18)11-14)24(33)13-25-16(23(24,32)10-20(26)30)6-5-15-21(25,2)9-8-19(29)27(15,35)36-25/h14-20,29-35H,4-13H2,1-3H3/t14-,15-,16-,17-,18-,19+,20-,21-,22?,23+,24+,25+,26-,27-/m0/s1. The van der Waals surface area contributed by atoms with Crippen molar-refractivity contribution in [2.24, 2.45) is 29.1 Å². The van der Waals surface area contributed by atoms with E-state index >= 15 is 0 Å². The summed E-state index contributed by atoms with van der Waals surface area (Å²) < 4.78 is 6.52. The van der Waals surface area contributed by atoms with Gasteiger partial charge in [-0.05, 0) is 51.4 Å². The maximum absolute atomic E-state index is 12.7. The van der Waals surface area contributed by atoms with E-state index in [9.17, 15) is 35.7 Å². The van der Waals surface area contributed by atoms with Gasteiger partial charge in [0, 0.05) is 55.1 Å². The highest BCUT2D eigenvalue weighted by Crippen LogP contribution is 2.78. The van der Waals surface area contributed by atoms with Crippen LogP contribution in [0.15, 0.2) is 0 Å². The molecule has 1 spiro atoms. The van der Waals surface area contributed by atoms with E-state index in [0.29, 0.717) is 44.6 Å². The molecule has 3 aliphatic heterocycles. The molecule has 3 heterocycles. The number of aliphatic hydroxyl groups excluding tert-OH is 2. The average Bonchev–Trinajstić information content (AvgIpc) is 2.97. The molecular weight excluding hydrogens is 466 g/mol. The fourth-order valence-electron chi connectivity index (χ4n) is 11.3. The van der Waals surface area contributed by atoms with Crippen LogP contribution in [-0.2, 0) is 4.74 Å². The van der Waals surface area contributed by atoms with Crippen molar-refractivity contribution in [2.45, 2.75) is 124 Å². The van der Waals surface area contributed by atoms with Crippen LogP contribution in [0.25, 0.3) is 0 Å². The first kappa shape index (κ1) is 24.7. The molecule has 0 radical (unpaired) electrons. The summed E-state index contributed by atoms with van der Waals surface area (Å²) in [4.78, 5) is 2.12. The zero-order valence-corrected chi connectivity index (χ0v) is 21.6. The van der Waals surface area contributed by atoms with Gasteiger partial charge in [-0.15, -0.1) is 0 Å². The fourth-order valence-corrected chi connectivity index (χ4v) is 11.3. The topological polar surface area (TPSA) is 154 Å². The summed E-state index contributed by atoms with van der Waals surface area (Å²) in [5, 5.41) is 83.2. The van der Waals surface area contributed by atoms with Gasteiger partial charge in [0.15, 0.2) is 5.79 Å². The second-order valence-electron chi connectivity index (χ2n) is 14.3. The van der Waals surface area contributed by atoms with Gasteiger partial charge in [-0.1, -0.05) is 13.8 Å². The summed E-state index contributed by atoms with van der Waals surface area (Å²) in [5.74, 6) is -3.30. The number of ether oxygens (including phenoxy) is 1. The van der Waals surface area contributed by atoms with Crippen LogP contribution in [0.4, 0.5) is 0 Å². The zero-order valence-electron chi connectivity index (χ0n) is 21.6. The SMILES string of the molecule is C[C@H]1CC[C@@H]2N(C1)C[C@@H]1[C@](O)([C@@H](O)C[C@@]3(O)[C@@H]4CC[C@@H]5[C@]6(O)O[C@@]4(C[C@@]13O)[C@@]5(C)CC[C@H]6O)C2(C)O. The first-order valence-corrected chi connectivity index (χ1v) is 14.0. The molecule has 204 valence electrons. The number of nitrogens with zero attached hydrogens (tertiary/aromatic N) is 1. The lowest BCUT2D eigenvalue weighted by Gasteiger charge is -2.68. The number of piperidine rings is 2. The molecule has 1 unspecified atom stereocenters. The molecule has 7 N–H and O–H groups in total. The number of rotatable bonds is 0. The molecule has 7 aliphatic rings. The number of hydrogen-bond donors (Lipinski definition) is 7. The van der Waals surface area contributed by atoms with Crippen molar-refractivity contribution in [3.8, 4) is 0 Å². The van der Waals surface area contributed by atoms with Crippen molar-refractivity contribution in [1.82, 2.24) is 4.90 Å². The van der Waals surface area contributed by atoms with Crippen molar-refractivity contribution in [1.29, 1.82) is 0 Å². The van der Waals surface area contributed by atoms with Crippen molar-refractivity contribution >= 4 is 0 Å². The van der Waals surface area contributed by atoms with E-state index in [-0.39, 0.29) is 31.3 Å². The third-order valence-electron chi connectivity index (χ3n) is 13.1. The third-order valence-corrected chi connectivity index (χ3v) is 13.1. The monoisotopic (exact) mass is 509 g/mol. The predicted octanol–water partition coefficient (Wildman–Crippen LogP) is -0.526. The van der Waals surface area contributed by atoms with Crippen LogP contribution in [0.5, 0.6) is 0 Å². The summed E-state index contributed by atoms with van der Waals surface area (Å²) in [6.45, 7) is 6.70. The molecule has 36 heavy (non-hydrogen) atoms. The highest BCUT2D eigenvalue weighted by Gasteiger charge is 2.88. The van der Waals surface area contributed by atoms with Gasteiger partial charge in [-0.3, -0.25) is 4.90 Å². The normalized spacial score (nSPS) is 68.0. The molecule has 0 aromatic rings. The van der Waals surface area contributed by atoms with Gasteiger partial charge in [-0.2, -0.15) is 0 Å². The lowest BCUT2D eigenvalue weighted by Crippen LogP contribution is -2.85. The summed E-state index contributed by atoms with van der Waals surface area (Å²) in [7, 11) is 0. The molecule has 4 bridgehead atoms. The van der Waals surface area contributed by atoms with E-state index in [4.69, 9.17) is 4.74 Å². The molecule has 0 aromatic carbocycles. The van der Waals surface area contributed by atoms with Crippen molar-refractivity contribution in [3.05, 3.63) is 0 Å². The Hall–Kier alpha value is -0.360. The second-order valence-corrected chi connectivity index (χ2v) is 14.3. The Morgan fingerprint density at radius 1 is 0.778 bits per heavy atom. The van der Waals surface area contributed by atoms with E-state index < -0.39 is 63.3 Å². The Labute approximate surface area is 212 Å². The van der Waals surface area contributed by atoms with Crippen LogP contribution < -0.4 is 0 Å². The highest BCUT2D eigenvalue weighted by molar-refractivity contribution is 5.37. The fraction of sp³-hybridized carbons (Fsp3) is 1.00. The Morgan fingerprint density at radius 3 is 2.19 bits per heavy atom. The second kappa shape index (κ2) is 6.67. The smallest absolute Gasteiger partial charge is 0.196 e. The summed E-state index contributed by atoms with van der Waals surface area (Å²) in [6.07, 6.45) is 0.752. The third kappa shape index (κ3) is 2.27. The van der Waals surface area contributed by atoms with Crippen LogP contribution in [0.2, 0.25) is 0 Å². The lowest BCUT2D eigenvalue weighted by molar-refractivity contribution is -0.354. The molecule has 4 aliphatic carbocycles. The summed E-state index contributed by atoms with van der Waals surface area (Å²) >= 11 is 0. The average molecular weight is 510 g/mol. The van der Waals surface area contributed by atoms with Gasteiger partial charge < -0.3 is 40.5 Å². The zero-order chi connectivity index (χ0) is 25.9. The quantitative estimate of drug-likeness (QED) is 0.228. The summed E-state index contributed by atoms with van der Waals surface area (Å²) in [5.41, 5.74) is -9.07. The maximum Gasteiger partial charge on any atom is 0.196 e. The van der Waals surface area contributed by atoms with Gasteiger partial charge in [-0.25, -0.2) is 0 Å². The molecule has 9 nitrogen and oxygen atoms in total. The molecule has 7 rings (SSSR count). The largest absolute Gasteiger partial charge is 0.390 e. The Balaban J connectivity index is 1.39. The Kier molecular flexibility index (Phi) is 4.57. The first-order chi connectivity index (χ1) is 16.6. The number of hydrogen-bond acceptors (Lipinski definition) is 9. The number of aliphatic hydroxyl groups is 7. The van der Waals surface area contributed by atoms with Gasteiger partial charge in [0.25, 0.3) is 0 Å². The molecule has 0 aromatic heterocycles. The van der Waals surface area contributed by atoms with Gasteiger partial charge in [0.05, 0.1) is 11.7 Å². The molecule has 14 atom stereocenters. The van der Waals surface area contributed by atoms with E-state index in [1.54, 1.807) is 6.92 Å². The minimum Gasteiger partial charge on any atom is -0.390 e.